The fourth-order valence-corrected chi connectivity index (χ4v) is 3.50. The van der Waals surface area contributed by atoms with Crippen LogP contribution in [0.15, 0.2) is 18.2 Å². The quantitative estimate of drug-likeness (QED) is 0.777. The zero-order valence-electron chi connectivity index (χ0n) is 15.6. The molecule has 2 N–H and O–H groups in total. The van der Waals surface area contributed by atoms with Crippen LogP contribution in [-0.4, -0.2) is 37.2 Å². The Hall–Kier alpha value is -2.24. The third-order valence-corrected chi connectivity index (χ3v) is 4.98. The maximum Gasteiger partial charge on any atom is 0.308 e. The topological polar surface area (TPSA) is 84.9 Å². The molecule has 26 heavy (non-hydrogen) atoms. The van der Waals surface area contributed by atoms with Crippen LogP contribution >= 0.6 is 0 Å². The number of aryl methyl sites for hydroxylation is 1. The van der Waals surface area contributed by atoms with Crippen molar-refractivity contribution in [2.24, 2.45) is 5.92 Å². The van der Waals surface area contributed by atoms with E-state index >= 15 is 0 Å². The molecule has 144 valence electrons. The molecule has 1 aromatic rings. The second-order valence-electron chi connectivity index (χ2n) is 6.83. The zero-order chi connectivity index (χ0) is 18.9. The first-order valence-electron chi connectivity index (χ1n) is 9.27. The Morgan fingerprint density at radius 2 is 1.65 bits per heavy atom. The summed E-state index contributed by atoms with van der Waals surface area (Å²) in [5, 5.41) is 12.4. The number of benzene rings is 1. The summed E-state index contributed by atoms with van der Waals surface area (Å²) in [5.41, 5.74) is 0.948. The second kappa shape index (κ2) is 10.0. The van der Waals surface area contributed by atoms with Crippen LogP contribution in [0.5, 0.6) is 11.5 Å². The van der Waals surface area contributed by atoms with E-state index in [0.717, 1.165) is 37.7 Å². The number of aliphatic carboxylic acids is 1. The Morgan fingerprint density at radius 1 is 1.04 bits per heavy atom. The van der Waals surface area contributed by atoms with Crippen molar-refractivity contribution >= 4 is 11.9 Å². The number of amides is 1. The highest BCUT2D eigenvalue weighted by molar-refractivity contribution is 5.78. The highest BCUT2D eigenvalue weighted by Gasteiger charge is 2.29. The predicted molar refractivity (Wildman–Crippen MR) is 98.6 cm³/mol. The lowest BCUT2D eigenvalue weighted by Crippen LogP contribution is -2.44. The maximum atomic E-state index is 12.4. The van der Waals surface area contributed by atoms with Gasteiger partial charge in [0.2, 0.25) is 5.91 Å². The zero-order valence-corrected chi connectivity index (χ0v) is 15.6. The average Bonchev–Trinajstić information content (AvgIpc) is 2.61. The van der Waals surface area contributed by atoms with E-state index in [9.17, 15) is 14.7 Å². The second-order valence-corrected chi connectivity index (χ2v) is 6.83. The van der Waals surface area contributed by atoms with Crippen molar-refractivity contribution < 1.29 is 24.2 Å². The number of carbonyl (C=O) groups excluding carboxylic acids is 1. The van der Waals surface area contributed by atoms with Gasteiger partial charge in [-0.25, -0.2) is 0 Å². The molecule has 1 aliphatic rings. The molecule has 6 heteroatoms. The van der Waals surface area contributed by atoms with Crippen LogP contribution in [0.1, 0.15) is 50.5 Å². The largest absolute Gasteiger partial charge is 0.497 e. The van der Waals surface area contributed by atoms with E-state index in [1.807, 2.05) is 12.1 Å². The fourth-order valence-electron chi connectivity index (χ4n) is 3.50. The summed E-state index contributed by atoms with van der Waals surface area (Å²) >= 11 is 0. The Balaban J connectivity index is 1.95. The van der Waals surface area contributed by atoms with Gasteiger partial charge in [0.05, 0.1) is 20.1 Å². The molecule has 0 bridgehead atoms. The maximum absolute atomic E-state index is 12.4. The van der Waals surface area contributed by atoms with Crippen LogP contribution in [0.4, 0.5) is 0 Å². The third kappa shape index (κ3) is 5.93. The fraction of sp³-hybridized carbons (Fsp3) is 0.600. The standard InChI is InChI=1S/C20H29NO5/c1-25-15-11-14(12-16(13-15)26-2)9-10-19(22)21-18-8-6-4-3-5-7-17(18)20(23)24/h11-13,17-18H,3-10H2,1-2H3,(H,21,22)(H,23,24). The molecule has 1 fully saturated rings. The Labute approximate surface area is 154 Å². The highest BCUT2D eigenvalue weighted by Crippen LogP contribution is 2.25. The number of hydrogen-bond acceptors (Lipinski definition) is 4. The van der Waals surface area contributed by atoms with Crippen molar-refractivity contribution in [3.05, 3.63) is 23.8 Å². The number of nitrogens with one attached hydrogen (secondary N) is 1. The van der Waals surface area contributed by atoms with Crippen molar-refractivity contribution in [1.82, 2.24) is 5.32 Å². The van der Waals surface area contributed by atoms with Crippen LogP contribution in [0, 0.1) is 5.92 Å². The van der Waals surface area contributed by atoms with Crippen LogP contribution in [0.3, 0.4) is 0 Å². The van der Waals surface area contributed by atoms with E-state index in [4.69, 9.17) is 9.47 Å². The molecule has 0 saturated heterocycles. The molecule has 0 heterocycles. The SMILES string of the molecule is COc1cc(CCC(=O)NC2CCCCCCC2C(=O)O)cc(OC)c1. The molecule has 1 aromatic carbocycles. The lowest BCUT2D eigenvalue weighted by atomic mass is 9.86. The third-order valence-electron chi connectivity index (χ3n) is 4.98. The minimum Gasteiger partial charge on any atom is -0.497 e. The van der Waals surface area contributed by atoms with Crippen molar-refractivity contribution in [2.75, 3.05) is 14.2 Å². The summed E-state index contributed by atoms with van der Waals surface area (Å²) < 4.78 is 10.5. The molecule has 1 amide bonds. The van der Waals surface area contributed by atoms with Crippen LogP contribution < -0.4 is 14.8 Å². The normalized spacial score (nSPS) is 20.5. The molecule has 6 nitrogen and oxygen atoms in total. The molecule has 2 atom stereocenters. The average molecular weight is 363 g/mol. The Kier molecular flexibility index (Phi) is 7.75. The molecule has 0 radical (unpaired) electrons. The van der Waals surface area contributed by atoms with Gasteiger partial charge in [-0.2, -0.15) is 0 Å². The number of methoxy groups -OCH3 is 2. The van der Waals surface area contributed by atoms with E-state index in [0.29, 0.717) is 30.8 Å². The van der Waals surface area contributed by atoms with Gasteiger partial charge < -0.3 is 19.9 Å². The van der Waals surface area contributed by atoms with Crippen LogP contribution in [-0.2, 0) is 16.0 Å². The summed E-state index contributed by atoms with van der Waals surface area (Å²) in [6.45, 7) is 0. The summed E-state index contributed by atoms with van der Waals surface area (Å²) in [6, 6.07) is 5.27. The summed E-state index contributed by atoms with van der Waals surface area (Å²) in [5.74, 6) is -0.0362. The molecule has 0 aliphatic heterocycles. The number of rotatable bonds is 7. The van der Waals surface area contributed by atoms with Gasteiger partial charge in [-0.1, -0.05) is 25.7 Å². The van der Waals surface area contributed by atoms with E-state index in [-0.39, 0.29) is 11.9 Å². The van der Waals surface area contributed by atoms with Gasteiger partial charge in [0.25, 0.3) is 0 Å². The lowest BCUT2D eigenvalue weighted by Gasteiger charge is -2.27. The highest BCUT2D eigenvalue weighted by atomic mass is 16.5. The molecule has 1 saturated carbocycles. The smallest absolute Gasteiger partial charge is 0.308 e. The Morgan fingerprint density at radius 3 is 2.23 bits per heavy atom. The Bertz CT molecular complexity index is 594. The van der Waals surface area contributed by atoms with Crippen molar-refractivity contribution in [3.8, 4) is 11.5 Å². The predicted octanol–water partition coefficient (Wildman–Crippen LogP) is 3.18. The molecular weight excluding hydrogens is 334 g/mol. The molecular formula is C20H29NO5. The number of carboxylic acids is 1. The lowest BCUT2D eigenvalue weighted by molar-refractivity contribution is -0.143. The summed E-state index contributed by atoms with van der Waals surface area (Å²) in [7, 11) is 3.18. The van der Waals surface area contributed by atoms with Crippen molar-refractivity contribution in [2.45, 2.75) is 57.4 Å². The molecule has 2 unspecified atom stereocenters. The van der Waals surface area contributed by atoms with Gasteiger partial charge >= 0.3 is 5.97 Å². The van der Waals surface area contributed by atoms with Gasteiger partial charge in [-0.05, 0) is 37.0 Å². The van der Waals surface area contributed by atoms with Gasteiger partial charge in [0.15, 0.2) is 0 Å². The first-order valence-corrected chi connectivity index (χ1v) is 9.27. The first-order chi connectivity index (χ1) is 12.5. The van der Waals surface area contributed by atoms with Gasteiger partial charge in [-0.15, -0.1) is 0 Å². The summed E-state index contributed by atoms with van der Waals surface area (Å²) in [4.78, 5) is 23.9. The number of carboxylic acid groups (broad SMARTS) is 1. The number of hydrogen-bond donors (Lipinski definition) is 2. The van der Waals surface area contributed by atoms with Gasteiger partial charge in [0, 0.05) is 18.5 Å². The van der Waals surface area contributed by atoms with Gasteiger partial charge in [0.1, 0.15) is 11.5 Å². The van der Waals surface area contributed by atoms with Crippen molar-refractivity contribution in [1.29, 1.82) is 0 Å². The molecule has 2 rings (SSSR count). The van der Waals surface area contributed by atoms with Crippen molar-refractivity contribution in [3.63, 3.8) is 0 Å². The van der Waals surface area contributed by atoms with Crippen LogP contribution in [0.2, 0.25) is 0 Å². The first kappa shape index (κ1) is 20.1. The number of ether oxygens (including phenoxy) is 2. The van der Waals surface area contributed by atoms with Gasteiger partial charge in [-0.3, -0.25) is 9.59 Å². The minimum absolute atomic E-state index is 0.108. The van der Waals surface area contributed by atoms with Crippen LogP contribution in [0.25, 0.3) is 0 Å². The van der Waals surface area contributed by atoms with E-state index in [1.165, 1.54) is 0 Å². The molecule has 0 spiro atoms. The summed E-state index contributed by atoms with van der Waals surface area (Å²) in [6.07, 6.45) is 6.26. The molecule has 1 aliphatic carbocycles. The number of carbonyl (C=O) groups is 2. The van der Waals surface area contributed by atoms with E-state index < -0.39 is 11.9 Å². The molecule has 0 aromatic heterocycles. The monoisotopic (exact) mass is 363 g/mol. The van der Waals surface area contributed by atoms with E-state index in [1.54, 1.807) is 20.3 Å². The van der Waals surface area contributed by atoms with E-state index in [2.05, 4.69) is 5.32 Å². The minimum atomic E-state index is -0.810.